The summed E-state index contributed by atoms with van der Waals surface area (Å²) in [5.74, 6) is 0.929. The van der Waals surface area contributed by atoms with Gasteiger partial charge in [-0.05, 0) is 74.0 Å². The van der Waals surface area contributed by atoms with Gasteiger partial charge in [0.05, 0.1) is 0 Å². The Balaban J connectivity index is 1.77. The van der Waals surface area contributed by atoms with Crippen LogP contribution in [0.3, 0.4) is 0 Å². The second-order valence-electron chi connectivity index (χ2n) is 7.23. The Hall–Kier alpha value is -1.04. The topological polar surface area (TPSA) is 0 Å². The first-order valence-electron chi connectivity index (χ1n) is 8.62. The Morgan fingerprint density at radius 2 is 2.25 bits per heavy atom. The largest absolute Gasteiger partial charge is 0.0850 e. The summed E-state index contributed by atoms with van der Waals surface area (Å²) in [7, 11) is 0. The third-order valence-corrected chi connectivity index (χ3v) is 6.18. The van der Waals surface area contributed by atoms with Crippen LogP contribution in [0.1, 0.15) is 68.6 Å². The number of allylic oxidation sites excluding steroid dienone is 2. The van der Waals surface area contributed by atoms with Crippen LogP contribution in [-0.2, 0) is 18.3 Å². The molecule has 2 bridgehead atoms. The fourth-order valence-electron chi connectivity index (χ4n) is 5.23. The molecule has 0 radical (unpaired) electrons. The van der Waals surface area contributed by atoms with E-state index in [1.54, 1.807) is 22.3 Å². The molecule has 20 heavy (non-hydrogen) atoms. The third-order valence-electron chi connectivity index (χ3n) is 6.18. The van der Waals surface area contributed by atoms with Gasteiger partial charge in [0.25, 0.3) is 0 Å². The summed E-state index contributed by atoms with van der Waals surface area (Å²) < 4.78 is 0. The van der Waals surface area contributed by atoms with Gasteiger partial charge in [0.15, 0.2) is 0 Å². The Morgan fingerprint density at radius 3 is 3.00 bits per heavy atom. The first kappa shape index (κ1) is 12.7. The summed E-state index contributed by atoms with van der Waals surface area (Å²) in [5.41, 5.74) is 7.48. The van der Waals surface area contributed by atoms with E-state index < -0.39 is 0 Å². The first-order chi connectivity index (χ1) is 9.83. The van der Waals surface area contributed by atoms with Gasteiger partial charge in [-0.25, -0.2) is 0 Å². The highest BCUT2D eigenvalue weighted by Gasteiger charge is 2.49. The minimum absolute atomic E-state index is 0.542. The molecular formula is C20H26. The van der Waals surface area contributed by atoms with Crippen molar-refractivity contribution >= 4 is 0 Å². The predicted molar refractivity (Wildman–Crippen MR) is 85.1 cm³/mol. The van der Waals surface area contributed by atoms with Gasteiger partial charge in [0, 0.05) is 5.41 Å². The highest BCUT2D eigenvalue weighted by Crippen LogP contribution is 2.58. The molecule has 0 saturated heterocycles. The number of rotatable bonds is 3. The Morgan fingerprint density at radius 1 is 1.30 bits per heavy atom. The fourth-order valence-corrected chi connectivity index (χ4v) is 5.23. The van der Waals surface area contributed by atoms with E-state index in [0.717, 1.165) is 5.92 Å². The molecule has 4 rings (SSSR count). The van der Waals surface area contributed by atoms with Crippen molar-refractivity contribution in [1.29, 1.82) is 0 Å². The highest BCUT2D eigenvalue weighted by atomic mass is 14.5. The van der Waals surface area contributed by atoms with Gasteiger partial charge >= 0.3 is 0 Å². The van der Waals surface area contributed by atoms with Gasteiger partial charge in [-0.3, -0.25) is 0 Å². The van der Waals surface area contributed by atoms with Crippen molar-refractivity contribution in [3.63, 3.8) is 0 Å². The zero-order valence-corrected chi connectivity index (χ0v) is 12.8. The average Bonchev–Trinajstić information content (AvgIpc) is 3.07. The van der Waals surface area contributed by atoms with Crippen LogP contribution in [0, 0.1) is 5.92 Å². The summed E-state index contributed by atoms with van der Waals surface area (Å²) in [6, 6.07) is 7.22. The Labute approximate surface area is 123 Å². The summed E-state index contributed by atoms with van der Waals surface area (Å²) in [4.78, 5) is 0. The molecule has 0 nitrogen and oxygen atoms in total. The number of fused-ring (bicyclic) bond motifs is 5. The highest BCUT2D eigenvalue weighted by molar-refractivity contribution is 5.47. The molecule has 0 amide bonds. The van der Waals surface area contributed by atoms with Gasteiger partial charge in [-0.1, -0.05) is 43.2 Å². The molecule has 3 aliphatic rings. The van der Waals surface area contributed by atoms with Crippen molar-refractivity contribution < 1.29 is 0 Å². The Bertz CT molecular complexity index is 551. The van der Waals surface area contributed by atoms with Gasteiger partial charge in [-0.2, -0.15) is 0 Å². The van der Waals surface area contributed by atoms with Gasteiger partial charge in [0.1, 0.15) is 0 Å². The van der Waals surface area contributed by atoms with E-state index in [1.165, 1.54) is 57.8 Å². The van der Waals surface area contributed by atoms with Gasteiger partial charge < -0.3 is 0 Å². The van der Waals surface area contributed by atoms with E-state index in [1.807, 2.05) is 0 Å². The van der Waals surface area contributed by atoms with Crippen molar-refractivity contribution in [3.05, 3.63) is 46.5 Å². The van der Waals surface area contributed by atoms with Crippen LogP contribution >= 0.6 is 0 Å². The van der Waals surface area contributed by atoms with Crippen LogP contribution in [0.2, 0.25) is 0 Å². The Kier molecular flexibility index (Phi) is 3.02. The van der Waals surface area contributed by atoms with Crippen molar-refractivity contribution in [2.75, 3.05) is 0 Å². The van der Waals surface area contributed by atoms with Gasteiger partial charge in [-0.15, -0.1) is 0 Å². The van der Waals surface area contributed by atoms with Gasteiger partial charge in [0.2, 0.25) is 0 Å². The molecule has 1 fully saturated rings. The molecule has 1 spiro atoms. The zero-order chi connectivity index (χ0) is 13.6. The number of unbranched alkanes of at least 4 members (excludes halogenated alkanes) is 1. The molecule has 106 valence electrons. The fraction of sp³-hybridized carbons (Fsp3) is 0.600. The molecule has 1 aromatic rings. The lowest BCUT2D eigenvalue weighted by molar-refractivity contribution is 0.269. The van der Waals surface area contributed by atoms with Crippen molar-refractivity contribution in [2.24, 2.45) is 5.92 Å². The number of hydrogen-bond donors (Lipinski definition) is 0. The number of benzene rings is 1. The SMILES string of the molecule is CCCCc1cccc2c1CCCC21CC2=CCC1C2. The maximum atomic E-state index is 2.53. The first-order valence-corrected chi connectivity index (χ1v) is 8.62. The molecule has 1 aromatic carbocycles. The normalized spacial score (nSPS) is 30.6. The quantitative estimate of drug-likeness (QED) is 0.647. The smallest absolute Gasteiger partial charge is 0.00273 e. The lowest BCUT2D eigenvalue weighted by Gasteiger charge is -2.42. The van der Waals surface area contributed by atoms with E-state index in [9.17, 15) is 0 Å². The maximum Gasteiger partial charge on any atom is 0.00273 e. The molecule has 0 aromatic heterocycles. The summed E-state index contributed by atoms with van der Waals surface area (Å²) in [6.45, 7) is 2.30. The van der Waals surface area contributed by atoms with Crippen LogP contribution in [0.4, 0.5) is 0 Å². The monoisotopic (exact) mass is 266 g/mol. The zero-order valence-electron chi connectivity index (χ0n) is 12.8. The van der Waals surface area contributed by atoms with Crippen molar-refractivity contribution in [2.45, 2.75) is 70.1 Å². The summed E-state index contributed by atoms with van der Waals surface area (Å²) in [5, 5.41) is 0. The second kappa shape index (κ2) is 4.76. The van der Waals surface area contributed by atoms with Crippen molar-refractivity contribution in [1.82, 2.24) is 0 Å². The lowest BCUT2D eigenvalue weighted by Crippen LogP contribution is -2.35. The molecule has 0 N–H and O–H groups in total. The van der Waals surface area contributed by atoms with Crippen LogP contribution in [0.25, 0.3) is 0 Å². The molecule has 2 unspecified atom stereocenters. The van der Waals surface area contributed by atoms with E-state index in [2.05, 4.69) is 31.2 Å². The molecule has 3 aliphatic carbocycles. The third kappa shape index (κ3) is 1.73. The second-order valence-corrected chi connectivity index (χ2v) is 7.23. The number of hydrogen-bond acceptors (Lipinski definition) is 0. The lowest BCUT2D eigenvalue weighted by atomic mass is 9.62. The van der Waals surface area contributed by atoms with Crippen LogP contribution in [-0.4, -0.2) is 0 Å². The molecule has 0 heterocycles. The van der Waals surface area contributed by atoms with E-state index in [0.29, 0.717) is 5.41 Å². The van der Waals surface area contributed by atoms with E-state index in [-0.39, 0.29) is 0 Å². The molecule has 2 atom stereocenters. The molecule has 1 saturated carbocycles. The molecule has 0 heteroatoms. The standard InChI is InChI=1S/C20H26/c1-2-3-6-16-7-4-9-19-18(16)8-5-12-20(19)14-15-10-11-17(20)13-15/h4,7,9-10,17H,2-3,5-6,8,11-14H2,1H3. The molecular weight excluding hydrogens is 240 g/mol. The van der Waals surface area contributed by atoms with Crippen LogP contribution in [0.5, 0.6) is 0 Å². The van der Waals surface area contributed by atoms with Crippen LogP contribution in [0.15, 0.2) is 29.8 Å². The predicted octanol–water partition coefficient (Wildman–Crippen LogP) is 5.34. The average molecular weight is 266 g/mol. The summed E-state index contributed by atoms with van der Waals surface area (Å²) in [6.07, 6.45) is 14.8. The number of aryl methyl sites for hydroxylation is 1. The van der Waals surface area contributed by atoms with Crippen LogP contribution < -0.4 is 0 Å². The molecule has 0 aliphatic heterocycles. The maximum absolute atomic E-state index is 2.53. The minimum atomic E-state index is 0.542. The van der Waals surface area contributed by atoms with Crippen molar-refractivity contribution in [3.8, 4) is 0 Å². The summed E-state index contributed by atoms with van der Waals surface area (Å²) >= 11 is 0. The minimum Gasteiger partial charge on any atom is -0.0850 e. The van der Waals surface area contributed by atoms with E-state index >= 15 is 0 Å². The van der Waals surface area contributed by atoms with E-state index in [4.69, 9.17) is 0 Å².